The van der Waals surface area contributed by atoms with Gasteiger partial charge >= 0.3 is 0 Å². The van der Waals surface area contributed by atoms with Crippen LogP contribution in [0.1, 0.15) is 24.8 Å². The molecule has 19 heavy (non-hydrogen) atoms. The summed E-state index contributed by atoms with van der Waals surface area (Å²) >= 11 is 0. The molecule has 1 fully saturated rings. The predicted molar refractivity (Wildman–Crippen MR) is 79.5 cm³/mol. The van der Waals surface area contributed by atoms with E-state index in [0.29, 0.717) is 5.92 Å². The highest BCUT2D eigenvalue weighted by Crippen LogP contribution is 2.21. The molecule has 0 radical (unpaired) electrons. The number of nitrogens with zero attached hydrogens (tertiary/aromatic N) is 1. The van der Waals surface area contributed by atoms with E-state index in [0.717, 1.165) is 25.3 Å². The maximum absolute atomic E-state index is 5.96. The molecule has 0 saturated carbocycles. The van der Waals surface area contributed by atoms with Gasteiger partial charge in [0.05, 0.1) is 7.11 Å². The highest BCUT2D eigenvalue weighted by molar-refractivity contribution is 5.33. The molecule has 106 valence electrons. The van der Waals surface area contributed by atoms with E-state index in [9.17, 15) is 0 Å². The first-order chi connectivity index (χ1) is 9.33. The summed E-state index contributed by atoms with van der Waals surface area (Å²) in [6.45, 7) is 4.34. The van der Waals surface area contributed by atoms with Gasteiger partial charge in [0.2, 0.25) is 0 Å². The van der Waals surface area contributed by atoms with E-state index in [4.69, 9.17) is 10.5 Å². The lowest BCUT2D eigenvalue weighted by molar-refractivity contribution is 0.196. The van der Waals surface area contributed by atoms with Crippen molar-refractivity contribution in [1.82, 2.24) is 4.90 Å². The molecule has 3 heteroatoms. The molecule has 0 aliphatic carbocycles. The molecule has 2 rings (SSSR count). The second kappa shape index (κ2) is 7.51. The molecule has 0 amide bonds. The Morgan fingerprint density at radius 2 is 1.95 bits per heavy atom. The first-order valence-corrected chi connectivity index (χ1v) is 7.37. The second-order valence-electron chi connectivity index (χ2n) is 5.48. The highest BCUT2D eigenvalue weighted by atomic mass is 16.5. The summed E-state index contributed by atoms with van der Waals surface area (Å²) in [5, 5.41) is 0. The Labute approximate surface area is 116 Å². The molecular weight excluding hydrogens is 236 g/mol. The SMILES string of the molecule is COc1ccccc1CC(CN)CN1CCCCC1. The van der Waals surface area contributed by atoms with Gasteiger partial charge in [0, 0.05) is 6.54 Å². The maximum atomic E-state index is 5.96. The van der Waals surface area contributed by atoms with E-state index in [1.54, 1.807) is 7.11 Å². The number of hydrogen-bond donors (Lipinski definition) is 1. The normalized spacial score (nSPS) is 18.2. The van der Waals surface area contributed by atoms with Gasteiger partial charge in [0.1, 0.15) is 5.75 Å². The predicted octanol–water partition coefficient (Wildman–Crippen LogP) is 2.30. The molecule has 1 saturated heterocycles. The number of piperidine rings is 1. The molecule has 1 aliphatic heterocycles. The first-order valence-electron chi connectivity index (χ1n) is 7.37. The van der Waals surface area contributed by atoms with Crippen molar-refractivity contribution < 1.29 is 4.74 Å². The molecule has 1 heterocycles. The molecule has 2 N–H and O–H groups in total. The largest absolute Gasteiger partial charge is 0.496 e. The summed E-state index contributed by atoms with van der Waals surface area (Å²) in [6, 6.07) is 8.28. The first kappa shape index (κ1) is 14.4. The van der Waals surface area contributed by atoms with Gasteiger partial charge in [-0.15, -0.1) is 0 Å². The number of ether oxygens (including phenoxy) is 1. The molecule has 0 aromatic heterocycles. The van der Waals surface area contributed by atoms with Crippen molar-refractivity contribution >= 4 is 0 Å². The van der Waals surface area contributed by atoms with E-state index in [1.807, 2.05) is 12.1 Å². The van der Waals surface area contributed by atoms with Gasteiger partial charge in [-0.25, -0.2) is 0 Å². The molecular formula is C16H26N2O. The molecule has 0 bridgehead atoms. The van der Waals surface area contributed by atoms with Crippen LogP contribution in [-0.4, -0.2) is 38.2 Å². The lowest BCUT2D eigenvalue weighted by atomic mass is 9.97. The molecule has 1 aromatic carbocycles. The van der Waals surface area contributed by atoms with Crippen LogP contribution in [0.4, 0.5) is 0 Å². The Morgan fingerprint density at radius 1 is 1.21 bits per heavy atom. The molecule has 1 aliphatic rings. The fourth-order valence-electron chi connectivity index (χ4n) is 2.91. The van der Waals surface area contributed by atoms with Crippen LogP contribution in [-0.2, 0) is 6.42 Å². The minimum atomic E-state index is 0.523. The number of methoxy groups -OCH3 is 1. The van der Waals surface area contributed by atoms with Crippen LogP contribution in [0.2, 0.25) is 0 Å². The zero-order valence-electron chi connectivity index (χ0n) is 12.0. The Morgan fingerprint density at radius 3 is 2.63 bits per heavy atom. The zero-order chi connectivity index (χ0) is 13.5. The number of benzene rings is 1. The van der Waals surface area contributed by atoms with E-state index < -0.39 is 0 Å². The van der Waals surface area contributed by atoms with E-state index in [-0.39, 0.29) is 0 Å². The van der Waals surface area contributed by atoms with Crippen LogP contribution in [0.15, 0.2) is 24.3 Å². The van der Waals surface area contributed by atoms with Gasteiger partial charge in [0.25, 0.3) is 0 Å². The molecule has 1 unspecified atom stereocenters. The third kappa shape index (κ3) is 4.22. The summed E-state index contributed by atoms with van der Waals surface area (Å²) in [5.74, 6) is 1.51. The van der Waals surface area contributed by atoms with Crippen LogP contribution in [0, 0.1) is 5.92 Å². The van der Waals surface area contributed by atoms with Crippen LogP contribution in [0.3, 0.4) is 0 Å². The second-order valence-corrected chi connectivity index (χ2v) is 5.48. The van der Waals surface area contributed by atoms with Gasteiger partial charge in [0.15, 0.2) is 0 Å². The van der Waals surface area contributed by atoms with Crippen molar-refractivity contribution in [3.05, 3.63) is 29.8 Å². The summed E-state index contributed by atoms with van der Waals surface area (Å²) < 4.78 is 5.43. The maximum Gasteiger partial charge on any atom is 0.122 e. The third-order valence-electron chi connectivity index (χ3n) is 4.00. The molecule has 0 spiro atoms. The summed E-state index contributed by atoms with van der Waals surface area (Å²) in [4.78, 5) is 2.57. The van der Waals surface area contributed by atoms with Crippen molar-refractivity contribution in [2.24, 2.45) is 11.7 Å². The number of hydrogen-bond acceptors (Lipinski definition) is 3. The van der Waals surface area contributed by atoms with Gasteiger partial charge in [-0.3, -0.25) is 0 Å². The van der Waals surface area contributed by atoms with E-state index in [1.165, 1.54) is 37.9 Å². The fraction of sp³-hybridized carbons (Fsp3) is 0.625. The van der Waals surface area contributed by atoms with Crippen molar-refractivity contribution in [3.8, 4) is 5.75 Å². The van der Waals surface area contributed by atoms with Crippen LogP contribution in [0.25, 0.3) is 0 Å². The monoisotopic (exact) mass is 262 g/mol. The minimum absolute atomic E-state index is 0.523. The minimum Gasteiger partial charge on any atom is -0.496 e. The van der Waals surface area contributed by atoms with Crippen molar-refractivity contribution in [2.75, 3.05) is 33.3 Å². The molecule has 1 aromatic rings. The Kier molecular flexibility index (Phi) is 5.67. The smallest absolute Gasteiger partial charge is 0.122 e. The van der Waals surface area contributed by atoms with Gasteiger partial charge in [-0.2, -0.15) is 0 Å². The number of likely N-dealkylation sites (tertiary alicyclic amines) is 1. The molecule has 1 atom stereocenters. The average molecular weight is 262 g/mol. The van der Waals surface area contributed by atoms with Crippen molar-refractivity contribution in [2.45, 2.75) is 25.7 Å². The van der Waals surface area contributed by atoms with Crippen LogP contribution >= 0.6 is 0 Å². The standard InChI is InChI=1S/C16H26N2O/c1-19-16-8-4-3-7-15(16)11-14(12-17)13-18-9-5-2-6-10-18/h3-4,7-8,14H,2,5-6,9-13,17H2,1H3. The Balaban J connectivity index is 1.94. The number of nitrogens with two attached hydrogens (primary N) is 1. The lowest BCUT2D eigenvalue weighted by Gasteiger charge is -2.30. The van der Waals surface area contributed by atoms with Gasteiger partial charge in [-0.1, -0.05) is 24.6 Å². The third-order valence-corrected chi connectivity index (χ3v) is 4.00. The summed E-state index contributed by atoms with van der Waals surface area (Å²) in [7, 11) is 1.74. The highest BCUT2D eigenvalue weighted by Gasteiger charge is 2.17. The summed E-state index contributed by atoms with van der Waals surface area (Å²) in [6.07, 6.45) is 5.07. The number of rotatable bonds is 6. The Bertz CT molecular complexity index is 375. The average Bonchev–Trinajstić information content (AvgIpc) is 2.48. The lowest BCUT2D eigenvalue weighted by Crippen LogP contribution is -2.37. The van der Waals surface area contributed by atoms with E-state index >= 15 is 0 Å². The van der Waals surface area contributed by atoms with Gasteiger partial charge in [-0.05, 0) is 56.4 Å². The topological polar surface area (TPSA) is 38.5 Å². The van der Waals surface area contributed by atoms with Crippen molar-refractivity contribution in [1.29, 1.82) is 0 Å². The quantitative estimate of drug-likeness (QED) is 0.855. The van der Waals surface area contributed by atoms with Crippen LogP contribution in [0.5, 0.6) is 5.75 Å². The van der Waals surface area contributed by atoms with Crippen molar-refractivity contribution in [3.63, 3.8) is 0 Å². The Hall–Kier alpha value is -1.06. The van der Waals surface area contributed by atoms with Gasteiger partial charge < -0.3 is 15.4 Å². The fourth-order valence-corrected chi connectivity index (χ4v) is 2.91. The number of para-hydroxylation sites is 1. The molecule has 3 nitrogen and oxygen atoms in total. The van der Waals surface area contributed by atoms with E-state index in [2.05, 4.69) is 17.0 Å². The summed E-state index contributed by atoms with van der Waals surface area (Å²) in [5.41, 5.74) is 7.24. The zero-order valence-corrected chi connectivity index (χ0v) is 12.0. The van der Waals surface area contributed by atoms with Crippen LogP contribution < -0.4 is 10.5 Å².